The van der Waals surface area contributed by atoms with Crippen molar-refractivity contribution in [2.24, 2.45) is 0 Å². The van der Waals surface area contributed by atoms with Crippen molar-refractivity contribution in [3.05, 3.63) is 48.3 Å². The molecule has 122 valence electrons. The van der Waals surface area contributed by atoms with E-state index in [-0.39, 0.29) is 28.4 Å². The van der Waals surface area contributed by atoms with Crippen LogP contribution in [0, 0.1) is 0 Å². The molecule has 1 aromatic heterocycles. The lowest BCUT2D eigenvalue weighted by molar-refractivity contribution is 0.0938. The fourth-order valence-corrected chi connectivity index (χ4v) is 2.66. The largest absolute Gasteiger partial charge is 0.350 e. The molecule has 0 fully saturated rings. The van der Waals surface area contributed by atoms with Gasteiger partial charge in [0.05, 0.1) is 10.5 Å². The lowest BCUT2D eigenvalue weighted by Crippen LogP contribution is -2.32. The molecule has 0 unspecified atom stereocenters. The van der Waals surface area contributed by atoms with Gasteiger partial charge in [0.25, 0.3) is 15.9 Å². The second kappa shape index (κ2) is 7.19. The van der Waals surface area contributed by atoms with Crippen LogP contribution in [0.2, 0.25) is 0 Å². The van der Waals surface area contributed by atoms with Gasteiger partial charge in [-0.05, 0) is 25.5 Å². The molecule has 1 atom stereocenters. The maximum absolute atomic E-state index is 12.1. The third-order valence-electron chi connectivity index (χ3n) is 3.18. The van der Waals surface area contributed by atoms with Crippen molar-refractivity contribution in [3.8, 4) is 0 Å². The molecule has 8 heteroatoms. The molecule has 7 nitrogen and oxygen atoms in total. The number of hydrogen-bond donors (Lipinski definition) is 2. The van der Waals surface area contributed by atoms with Gasteiger partial charge in [-0.1, -0.05) is 25.1 Å². The molecule has 0 saturated heterocycles. The van der Waals surface area contributed by atoms with E-state index in [1.54, 1.807) is 18.2 Å². The summed E-state index contributed by atoms with van der Waals surface area (Å²) in [6.45, 7) is 3.85. The number of anilines is 1. The Bertz CT molecular complexity index is 761. The van der Waals surface area contributed by atoms with Crippen LogP contribution in [0.1, 0.15) is 30.6 Å². The Hall–Kier alpha value is -2.48. The van der Waals surface area contributed by atoms with Gasteiger partial charge in [0.1, 0.15) is 0 Å². The molecule has 2 rings (SSSR count). The number of hydrogen-bond acceptors (Lipinski definition) is 5. The van der Waals surface area contributed by atoms with Crippen molar-refractivity contribution in [1.29, 1.82) is 0 Å². The zero-order chi connectivity index (χ0) is 16.9. The van der Waals surface area contributed by atoms with Gasteiger partial charge >= 0.3 is 0 Å². The van der Waals surface area contributed by atoms with Crippen LogP contribution < -0.4 is 10.0 Å². The predicted molar refractivity (Wildman–Crippen MR) is 86.5 cm³/mol. The number of sulfonamides is 1. The molecule has 0 saturated carbocycles. The van der Waals surface area contributed by atoms with E-state index in [2.05, 4.69) is 20.0 Å². The number of benzene rings is 1. The van der Waals surface area contributed by atoms with Crippen molar-refractivity contribution in [1.82, 2.24) is 15.3 Å². The lowest BCUT2D eigenvalue weighted by Gasteiger charge is -2.11. The van der Waals surface area contributed by atoms with E-state index in [0.29, 0.717) is 0 Å². The monoisotopic (exact) mass is 334 g/mol. The Labute approximate surface area is 135 Å². The van der Waals surface area contributed by atoms with E-state index >= 15 is 0 Å². The molecular formula is C15H18N4O3S. The molecule has 0 bridgehead atoms. The molecule has 0 aliphatic rings. The molecule has 0 aliphatic heterocycles. The first kappa shape index (κ1) is 16.9. The van der Waals surface area contributed by atoms with Gasteiger partial charge in [-0.3, -0.25) is 4.79 Å². The fraction of sp³-hybridized carbons (Fsp3) is 0.267. The van der Waals surface area contributed by atoms with E-state index in [1.807, 2.05) is 13.8 Å². The number of amides is 1. The first-order valence-electron chi connectivity index (χ1n) is 7.13. The van der Waals surface area contributed by atoms with Crippen LogP contribution in [-0.2, 0) is 10.0 Å². The summed E-state index contributed by atoms with van der Waals surface area (Å²) in [5.41, 5.74) is 0.271. The SMILES string of the molecule is CC[C@@H](C)NC(=O)c1cnc(NS(=O)(=O)c2ccccc2)nc1. The minimum absolute atomic E-state index is 0.0405. The lowest BCUT2D eigenvalue weighted by atomic mass is 10.2. The maximum Gasteiger partial charge on any atom is 0.264 e. The summed E-state index contributed by atoms with van der Waals surface area (Å²) in [5.74, 6) is -0.384. The van der Waals surface area contributed by atoms with Crippen molar-refractivity contribution in [2.45, 2.75) is 31.2 Å². The summed E-state index contributed by atoms with van der Waals surface area (Å²) in [5, 5.41) is 2.78. The number of aromatic nitrogens is 2. The van der Waals surface area contributed by atoms with E-state index in [1.165, 1.54) is 24.5 Å². The zero-order valence-corrected chi connectivity index (χ0v) is 13.7. The van der Waals surface area contributed by atoms with Crippen LogP contribution in [0.15, 0.2) is 47.6 Å². The molecule has 1 heterocycles. The van der Waals surface area contributed by atoms with Crippen LogP contribution in [0.25, 0.3) is 0 Å². The molecule has 2 aromatic rings. The number of nitrogens with zero attached hydrogens (tertiary/aromatic N) is 2. The molecule has 23 heavy (non-hydrogen) atoms. The number of carbonyl (C=O) groups is 1. The van der Waals surface area contributed by atoms with Crippen LogP contribution in [0.3, 0.4) is 0 Å². The number of carbonyl (C=O) groups excluding carboxylic acids is 1. The standard InChI is InChI=1S/C15H18N4O3S/c1-3-11(2)18-14(20)12-9-16-15(17-10-12)19-23(21,22)13-7-5-4-6-8-13/h4-11H,3H2,1-2H3,(H,18,20)(H,16,17,19)/t11-/m1/s1. The van der Waals surface area contributed by atoms with E-state index in [9.17, 15) is 13.2 Å². The number of rotatable bonds is 6. The van der Waals surface area contributed by atoms with Gasteiger partial charge < -0.3 is 5.32 Å². The van der Waals surface area contributed by atoms with Crippen molar-refractivity contribution >= 4 is 21.9 Å². The Balaban J connectivity index is 2.10. The average molecular weight is 334 g/mol. The highest BCUT2D eigenvalue weighted by atomic mass is 32.2. The van der Waals surface area contributed by atoms with Crippen molar-refractivity contribution in [2.75, 3.05) is 4.72 Å². The second-order valence-electron chi connectivity index (χ2n) is 5.00. The van der Waals surface area contributed by atoms with Gasteiger partial charge in [0, 0.05) is 18.4 Å². The first-order chi connectivity index (χ1) is 10.9. The average Bonchev–Trinajstić information content (AvgIpc) is 2.55. The summed E-state index contributed by atoms with van der Waals surface area (Å²) in [4.78, 5) is 19.8. The van der Waals surface area contributed by atoms with E-state index in [0.717, 1.165) is 6.42 Å². The Morgan fingerprint density at radius 3 is 2.35 bits per heavy atom. The smallest absolute Gasteiger partial charge is 0.264 e. The summed E-state index contributed by atoms with van der Waals surface area (Å²) < 4.78 is 26.5. The molecule has 1 aromatic carbocycles. The molecular weight excluding hydrogens is 316 g/mol. The third-order valence-corrected chi connectivity index (χ3v) is 4.53. The minimum atomic E-state index is -3.74. The maximum atomic E-state index is 12.1. The Kier molecular flexibility index (Phi) is 5.28. The summed E-state index contributed by atoms with van der Waals surface area (Å²) in [6, 6.07) is 7.95. The summed E-state index contributed by atoms with van der Waals surface area (Å²) >= 11 is 0. The topological polar surface area (TPSA) is 101 Å². The molecule has 1 amide bonds. The summed E-state index contributed by atoms with van der Waals surface area (Å²) in [7, 11) is -3.74. The van der Waals surface area contributed by atoms with Crippen LogP contribution in [0.5, 0.6) is 0 Å². The van der Waals surface area contributed by atoms with Gasteiger partial charge in [0.2, 0.25) is 5.95 Å². The minimum Gasteiger partial charge on any atom is -0.350 e. The van der Waals surface area contributed by atoms with Gasteiger partial charge in [0.15, 0.2) is 0 Å². The van der Waals surface area contributed by atoms with E-state index < -0.39 is 10.0 Å². The first-order valence-corrected chi connectivity index (χ1v) is 8.61. The van der Waals surface area contributed by atoms with Crippen LogP contribution in [0.4, 0.5) is 5.95 Å². The van der Waals surface area contributed by atoms with Gasteiger partial charge in [-0.25, -0.2) is 23.1 Å². The predicted octanol–water partition coefficient (Wildman–Crippen LogP) is 1.81. The van der Waals surface area contributed by atoms with Crippen molar-refractivity contribution < 1.29 is 13.2 Å². The molecule has 2 N–H and O–H groups in total. The Morgan fingerprint density at radius 2 is 1.78 bits per heavy atom. The quantitative estimate of drug-likeness (QED) is 0.839. The zero-order valence-electron chi connectivity index (χ0n) is 12.9. The molecule has 0 aliphatic carbocycles. The summed E-state index contributed by atoms with van der Waals surface area (Å²) in [6.07, 6.45) is 3.38. The highest BCUT2D eigenvalue weighted by molar-refractivity contribution is 7.92. The van der Waals surface area contributed by atoms with Crippen LogP contribution >= 0.6 is 0 Å². The van der Waals surface area contributed by atoms with E-state index in [4.69, 9.17) is 0 Å². The fourth-order valence-electron chi connectivity index (χ4n) is 1.69. The van der Waals surface area contributed by atoms with Crippen molar-refractivity contribution in [3.63, 3.8) is 0 Å². The Morgan fingerprint density at radius 1 is 1.17 bits per heavy atom. The molecule has 0 radical (unpaired) electrons. The van der Waals surface area contributed by atoms with Crippen LogP contribution in [-0.4, -0.2) is 30.3 Å². The second-order valence-corrected chi connectivity index (χ2v) is 6.68. The third kappa shape index (κ3) is 4.49. The van der Waals surface area contributed by atoms with Gasteiger partial charge in [-0.15, -0.1) is 0 Å². The normalized spacial score (nSPS) is 12.4. The highest BCUT2D eigenvalue weighted by Gasteiger charge is 2.16. The highest BCUT2D eigenvalue weighted by Crippen LogP contribution is 2.12. The number of nitrogens with one attached hydrogen (secondary N) is 2. The van der Waals surface area contributed by atoms with Gasteiger partial charge in [-0.2, -0.15) is 0 Å². The molecule has 0 spiro atoms.